The molecular weight excluding hydrogens is 428 g/mol. The summed E-state index contributed by atoms with van der Waals surface area (Å²) in [6.07, 6.45) is 0.445. The zero-order valence-corrected chi connectivity index (χ0v) is 18.9. The number of benzene rings is 1. The van der Waals surface area contributed by atoms with Gasteiger partial charge in [0.25, 0.3) is 5.91 Å². The van der Waals surface area contributed by atoms with Crippen LogP contribution >= 0.6 is 0 Å². The second-order valence-corrected chi connectivity index (χ2v) is 9.36. The molecule has 4 rings (SSSR count). The topological polar surface area (TPSA) is 171 Å². The molecule has 10 heteroatoms. The van der Waals surface area contributed by atoms with E-state index in [0.717, 1.165) is 5.69 Å². The van der Waals surface area contributed by atoms with Gasteiger partial charge in [0.2, 0.25) is 0 Å². The fourth-order valence-corrected chi connectivity index (χ4v) is 5.70. The van der Waals surface area contributed by atoms with Gasteiger partial charge in [0.05, 0.1) is 17.3 Å². The van der Waals surface area contributed by atoms with Crippen LogP contribution in [0.4, 0.5) is 5.69 Å². The molecular formula is C23H28N4O6. The number of carbonyl (C=O) groups is 2. The van der Waals surface area contributed by atoms with E-state index in [4.69, 9.17) is 11.1 Å². The van der Waals surface area contributed by atoms with Crippen molar-refractivity contribution in [3.05, 3.63) is 45.9 Å². The zero-order chi connectivity index (χ0) is 24.6. The Labute approximate surface area is 190 Å². The van der Waals surface area contributed by atoms with Gasteiger partial charge < -0.3 is 36.5 Å². The van der Waals surface area contributed by atoms with Gasteiger partial charge in [0.1, 0.15) is 22.8 Å². The molecule has 0 saturated heterocycles. The number of primary amides is 1. The lowest BCUT2D eigenvalue weighted by Crippen LogP contribution is -2.63. The van der Waals surface area contributed by atoms with Crippen molar-refractivity contribution >= 4 is 23.1 Å². The van der Waals surface area contributed by atoms with Crippen LogP contribution in [-0.2, 0) is 11.2 Å². The van der Waals surface area contributed by atoms with Crippen molar-refractivity contribution < 1.29 is 30.0 Å². The van der Waals surface area contributed by atoms with Gasteiger partial charge in [-0.2, -0.15) is 0 Å². The number of likely N-dealkylation sites (N-methyl/N-ethyl adjacent to an activating group) is 1. The molecule has 1 amide bonds. The van der Waals surface area contributed by atoms with Crippen molar-refractivity contribution in [1.29, 1.82) is 5.41 Å². The molecule has 176 valence electrons. The van der Waals surface area contributed by atoms with Crippen LogP contribution in [-0.4, -0.2) is 82.6 Å². The van der Waals surface area contributed by atoms with Gasteiger partial charge in [-0.3, -0.25) is 14.5 Å². The Balaban J connectivity index is 1.98. The average Bonchev–Trinajstić information content (AvgIpc) is 2.70. The molecule has 0 aliphatic heterocycles. The molecule has 4 atom stereocenters. The van der Waals surface area contributed by atoms with Gasteiger partial charge in [-0.25, -0.2) is 0 Å². The summed E-state index contributed by atoms with van der Waals surface area (Å²) in [5.41, 5.74) is 2.98. The number of hydrogen-bond donors (Lipinski definition) is 6. The number of ketones is 1. The van der Waals surface area contributed by atoms with Crippen molar-refractivity contribution in [2.45, 2.75) is 24.5 Å². The Hall–Kier alpha value is -3.37. The molecule has 0 heterocycles. The smallest absolute Gasteiger partial charge is 0.254 e. The molecule has 7 N–H and O–H groups in total. The first-order valence-electron chi connectivity index (χ1n) is 10.6. The Morgan fingerprint density at radius 3 is 2.36 bits per heavy atom. The number of Topliss-reactive ketones (excluding diaryl/α,β-unsaturated/α-hetero) is 1. The molecule has 0 fully saturated rings. The minimum absolute atomic E-state index is 0.0427. The summed E-state index contributed by atoms with van der Waals surface area (Å²) in [4.78, 5) is 29.0. The summed E-state index contributed by atoms with van der Waals surface area (Å²) in [5.74, 6) is -4.64. The Bertz CT molecular complexity index is 1170. The van der Waals surface area contributed by atoms with Crippen LogP contribution in [0.15, 0.2) is 34.8 Å². The third-order valence-corrected chi connectivity index (χ3v) is 7.12. The number of phenolic OH excluding ortho intramolecular Hbond substituents is 1. The molecule has 3 aliphatic rings. The molecule has 0 bridgehead atoms. The first kappa shape index (κ1) is 22.8. The number of phenols is 1. The summed E-state index contributed by atoms with van der Waals surface area (Å²) in [6.45, 7) is 0. The number of nitrogens with two attached hydrogens (primary N) is 1. The van der Waals surface area contributed by atoms with E-state index >= 15 is 0 Å². The maximum absolute atomic E-state index is 13.5. The van der Waals surface area contributed by atoms with E-state index in [0.29, 0.717) is 12.0 Å². The lowest BCUT2D eigenvalue weighted by Gasteiger charge is -2.51. The Kier molecular flexibility index (Phi) is 5.06. The van der Waals surface area contributed by atoms with Gasteiger partial charge in [-0.15, -0.1) is 0 Å². The number of anilines is 1. The van der Waals surface area contributed by atoms with Crippen LogP contribution in [0.5, 0.6) is 5.75 Å². The van der Waals surface area contributed by atoms with E-state index in [2.05, 4.69) is 0 Å². The lowest BCUT2D eigenvalue weighted by atomic mass is 9.58. The van der Waals surface area contributed by atoms with Gasteiger partial charge in [-0.1, -0.05) is 0 Å². The molecule has 10 nitrogen and oxygen atoms in total. The molecule has 0 spiro atoms. The quantitative estimate of drug-likeness (QED) is 0.384. The van der Waals surface area contributed by atoms with Crippen LogP contribution in [0.2, 0.25) is 0 Å². The Morgan fingerprint density at radius 1 is 1.18 bits per heavy atom. The van der Waals surface area contributed by atoms with Gasteiger partial charge in [0, 0.05) is 31.3 Å². The standard InChI is InChI=1S/C23H28N4O6/c1-26(2)12-5-6-13(28)15-10(12)7-9-8-11-17(27(3)4)19(30)16(22(25)32)20(24)23(11,33)21(31)14(9)18(15)29/h5-6,9,11,17,24,28,30-31,33H,7-8H2,1-4H3,(H2,25,32)/t9-,11-,17-,23+/m0/s1. The number of nitrogens with one attached hydrogen (secondary N) is 1. The molecule has 0 aromatic heterocycles. The zero-order valence-electron chi connectivity index (χ0n) is 18.9. The minimum Gasteiger partial charge on any atom is -0.510 e. The van der Waals surface area contributed by atoms with Crippen molar-refractivity contribution in [1.82, 2.24) is 4.90 Å². The molecule has 3 aliphatic carbocycles. The van der Waals surface area contributed by atoms with Crippen molar-refractivity contribution in [3.63, 3.8) is 0 Å². The highest BCUT2D eigenvalue weighted by Crippen LogP contribution is 2.53. The summed E-state index contributed by atoms with van der Waals surface area (Å²) < 4.78 is 0. The summed E-state index contributed by atoms with van der Waals surface area (Å²) >= 11 is 0. The number of rotatable bonds is 3. The van der Waals surface area contributed by atoms with E-state index in [1.807, 2.05) is 19.0 Å². The number of aliphatic hydroxyl groups excluding tert-OH is 2. The SMILES string of the molecule is CN(C)c1ccc(O)c2c1C[C@H]1C[C@H]3[C@H](N(C)C)C(O)=C(C(N)=O)C(=N)[C@@]3(O)C(O)=C1C2=O. The summed E-state index contributed by atoms with van der Waals surface area (Å²) in [5, 5.41) is 52.7. The molecule has 0 unspecified atom stereocenters. The maximum Gasteiger partial charge on any atom is 0.254 e. The maximum atomic E-state index is 13.5. The highest BCUT2D eigenvalue weighted by Gasteiger charge is 2.61. The number of aliphatic hydroxyl groups is 3. The number of carbonyl (C=O) groups excluding carboxylic acids is 2. The third-order valence-electron chi connectivity index (χ3n) is 7.12. The van der Waals surface area contributed by atoms with E-state index in [1.165, 1.54) is 6.07 Å². The van der Waals surface area contributed by atoms with Crippen LogP contribution in [0.25, 0.3) is 0 Å². The van der Waals surface area contributed by atoms with E-state index in [9.17, 15) is 30.0 Å². The Morgan fingerprint density at radius 2 is 1.82 bits per heavy atom. The average molecular weight is 456 g/mol. The minimum atomic E-state index is -2.40. The number of fused-ring (bicyclic) bond motifs is 3. The molecule has 0 saturated carbocycles. The van der Waals surface area contributed by atoms with Crippen LogP contribution in [0.3, 0.4) is 0 Å². The first-order chi connectivity index (χ1) is 15.3. The van der Waals surface area contributed by atoms with Crippen LogP contribution < -0.4 is 10.6 Å². The second-order valence-electron chi connectivity index (χ2n) is 9.36. The first-order valence-corrected chi connectivity index (χ1v) is 10.6. The fraction of sp³-hybridized carbons (Fsp3) is 0.435. The van der Waals surface area contributed by atoms with Gasteiger partial charge in [0.15, 0.2) is 11.4 Å². The number of nitrogens with zero attached hydrogens (tertiary/aromatic N) is 2. The van der Waals surface area contributed by atoms with Crippen molar-refractivity contribution in [2.24, 2.45) is 17.6 Å². The predicted molar refractivity (Wildman–Crippen MR) is 121 cm³/mol. The number of hydrogen-bond acceptors (Lipinski definition) is 9. The molecule has 1 aromatic carbocycles. The molecule has 0 radical (unpaired) electrons. The number of amides is 1. The van der Waals surface area contributed by atoms with Gasteiger partial charge >= 0.3 is 0 Å². The van der Waals surface area contributed by atoms with Gasteiger partial charge in [-0.05, 0) is 50.6 Å². The third kappa shape index (κ3) is 2.90. The van der Waals surface area contributed by atoms with Crippen molar-refractivity contribution in [2.75, 3.05) is 33.1 Å². The predicted octanol–water partition coefficient (Wildman–Crippen LogP) is 0.637. The lowest BCUT2D eigenvalue weighted by molar-refractivity contribution is -0.114. The second kappa shape index (κ2) is 7.32. The summed E-state index contributed by atoms with van der Waals surface area (Å²) in [6, 6.07) is 2.19. The highest BCUT2D eigenvalue weighted by molar-refractivity contribution is 6.26. The number of aromatic hydroxyl groups is 1. The van der Waals surface area contributed by atoms with Crippen LogP contribution in [0, 0.1) is 17.2 Å². The van der Waals surface area contributed by atoms with E-state index in [1.54, 1.807) is 25.1 Å². The summed E-state index contributed by atoms with van der Waals surface area (Å²) in [7, 11) is 6.90. The largest absolute Gasteiger partial charge is 0.510 e. The van der Waals surface area contributed by atoms with Crippen molar-refractivity contribution in [3.8, 4) is 5.75 Å². The molecule has 33 heavy (non-hydrogen) atoms. The van der Waals surface area contributed by atoms with E-state index < -0.39 is 58.0 Å². The highest BCUT2D eigenvalue weighted by atomic mass is 16.3. The fourth-order valence-electron chi connectivity index (χ4n) is 5.70. The monoisotopic (exact) mass is 456 g/mol. The van der Waals surface area contributed by atoms with E-state index in [-0.39, 0.29) is 23.3 Å². The molecule has 1 aromatic rings. The van der Waals surface area contributed by atoms with Crippen LogP contribution in [0.1, 0.15) is 22.3 Å². The normalized spacial score (nSPS) is 29.1. The number of allylic oxidation sites excluding steroid dienone is 1.